The van der Waals surface area contributed by atoms with Crippen LogP contribution in [-0.2, 0) is 14.3 Å². The Balaban J connectivity index is 2.18. The lowest BCUT2D eigenvalue weighted by atomic mass is 10.1. The molecule has 1 unspecified atom stereocenters. The monoisotopic (exact) mass is 301 g/mol. The molecule has 0 aromatic rings. The average Bonchev–Trinajstić information content (AvgIpc) is 2.49. The van der Waals surface area contributed by atoms with Gasteiger partial charge in [0.15, 0.2) is 0 Å². The van der Waals surface area contributed by atoms with Gasteiger partial charge in [0.1, 0.15) is 6.04 Å². The van der Waals surface area contributed by atoms with Crippen LogP contribution in [0.1, 0.15) is 20.3 Å². The lowest BCUT2D eigenvalue weighted by Gasteiger charge is -2.26. The van der Waals surface area contributed by atoms with E-state index >= 15 is 0 Å². The molecule has 0 saturated carbocycles. The minimum absolute atomic E-state index is 0.0171. The highest BCUT2D eigenvalue weighted by Crippen LogP contribution is 2.03. The standard InChI is InChI=1S/C14H27N3O4/c1-11(2)12(13(18)20-3)16-14(19)15-5-4-6-17-7-9-21-10-8-17/h11-12H,4-10H2,1-3H3,(H2,15,16,19). The number of esters is 1. The van der Waals surface area contributed by atoms with E-state index in [-0.39, 0.29) is 11.9 Å². The number of morpholine rings is 1. The molecule has 122 valence electrons. The molecule has 0 aromatic carbocycles. The summed E-state index contributed by atoms with van der Waals surface area (Å²) in [6, 6.07) is -0.949. The lowest BCUT2D eigenvalue weighted by Crippen LogP contribution is -2.49. The number of urea groups is 1. The second-order valence-electron chi connectivity index (χ2n) is 5.45. The Morgan fingerprint density at radius 1 is 1.29 bits per heavy atom. The number of hydrogen-bond acceptors (Lipinski definition) is 5. The van der Waals surface area contributed by atoms with Crippen molar-refractivity contribution in [1.29, 1.82) is 0 Å². The Hall–Kier alpha value is -1.34. The first kappa shape index (κ1) is 17.7. The number of amides is 2. The van der Waals surface area contributed by atoms with Gasteiger partial charge in [-0.05, 0) is 18.9 Å². The van der Waals surface area contributed by atoms with Crippen molar-refractivity contribution in [3.8, 4) is 0 Å². The predicted molar refractivity (Wildman–Crippen MR) is 79.1 cm³/mol. The smallest absolute Gasteiger partial charge is 0.328 e. The third-order valence-electron chi connectivity index (χ3n) is 3.45. The Morgan fingerprint density at radius 2 is 1.95 bits per heavy atom. The predicted octanol–water partition coefficient (Wildman–Crippen LogP) is 0.206. The fraction of sp³-hybridized carbons (Fsp3) is 0.857. The van der Waals surface area contributed by atoms with Crippen LogP contribution in [0.3, 0.4) is 0 Å². The maximum atomic E-state index is 11.8. The van der Waals surface area contributed by atoms with E-state index in [2.05, 4.69) is 20.3 Å². The highest BCUT2D eigenvalue weighted by molar-refractivity contribution is 5.83. The summed E-state index contributed by atoms with van der Waals surface area (Å²) in [5.74, 6) is -0.440. The summed E-state index contributed by atoms with van der Waals surface area (Å²) in [6.07, 6.45) is 0.873. The Kier molecular flexibility index (Phi) is 8.07. The molecule has 1 heterocycles. The molecule has 2 N–H and O–H groups in total. The van der Waals surface area contributed by atoms with Gasteiger partial charge in [0, 0.05) is 19.6 Å². The molecule has 0 radical (unpaired) electrons. The molecule has 7 nitrogen and oxygen atoms in total. The van der Waals surface area contributed by atoms with E-state index in [9.17, 15) is 9.59 Å². The zero-order valence-corrected chi connectivity index (χ0v) is 13.2. The van der Waals surface area contributed by atoms with Crippen LogP contribution >= 0.6 is 0 Å². The zero-order valence-electron chi connectivity index (χ0n) is 13.2. The zero-order chi connectivity index (χ0) is 15.7. The van der Waals surface area contributed by atoms with Crippen molar-refractivity contribution in [3.05, 3.63) is 0 Å². The van der Waals surface area contributed by atoms with Crippen LogP contribution in [0.4, 0.5) is 4.79 Å². The molecular formula is C14H27N3O4. The van der Waals surface area contributed by atoms with Crippen molar-refractivity contribution in [1.82, 2.24) is 15.5 Å². The van der Waals surface area contributed by atoms with Gasteiger partial charge in [-0.1, -0.05) is 13.8 Å². The van der Waals surface area contributed by atoms with E-state index in [1.54, 1.807) is 0 Å². The minimum atomic E-state index is -0.616. The highest BCUT2D eigenvalue weighted by Gasteiger charge is 2.24. The summed E-state index contributed by atoms with van der Waals surface area (Å²) < 4.78 is 9.96. The number of nitrogens with one attached hydrogen (secondary N) is 2. The Labute approximate surface area is 126 Å². The summed E-state index contributed by atoms with van der Waals surface area (Å²) in [6.45, 7) is 8.70. The number of nitrogens with zero attached hydrogens (tertiary/aromatic N) is 1. The van der Waals surface area contributed by atoms with Crippen LogP contribution < -0.4 is 10.6 Å². The lowest BCUT2D eigenvalue weighted by molar-refractivity contribution is -0.143. The van der Waals surface area contributed by atoms with E-state index in [4.69, 9.17) is 4.74 Å². The number of rotatable bonds is 7. The molecule has 1 saturated heterocycles. The largest absolute Gasteiger partial charge is 0.467 e. The fourth-order valence-electron chi connectivity index (χ4n) is 2.15. The molecule has 0 aliphatic carbocycles. The van der Waals surface area contributed by atoms with Gasteiger partial charge in [-0.15, -0.1) is 0 Å². The van der Waals surface area contributed by atoms with E-state index in [1.165, 1.54) is 7.11 Å². The average molecular weight is 301 g/mol. The van der Waals surface area contributed by atoms with Crippen molar-refractivity contribution in [2.45, 2.75) is 26.3 Å². The van der Waals surface area contributed by atoms with Crippen molar-refractivity contribution < 1.29 is 19.1 Å². The summed E-state index contributed by atoms with van der Waals surface area (Å²) in [4.78, 5) is 25.6. The van der Waals surface area contributed by atoms with Gasteiger partial charge < -0.3 is 20.1 Å². The van der Waals surface area contributed by atoms with Gasteiger partial charge in [0.05, 0.1) is 20.3 Å². The van der Waals surface area contributed by atoms with E-state index < -0.39 is 12.0 Å². The van der Waals surface area contributed by atoms with Crippen molar-refractivity contribution in [2.75, 3.05) is 46.5 Å². The molecule has 0 spiro atoms. The van der Waals surface area contributed by atoms with Gasteiger partial charge in [0.2, 0.25) is 0 Å². The molecule has 1 aliphatic rings. The van der Waals surface area contributed by atoms with Gasteiger partial charge in [-0.2, -0.15) is 0 Å². The summed E-state index contributed by atoms with van der Waals surface area (Å²) in [5, 5.41) is 5.42. The van der Waals surface area contributed by atoms with Crippen LogP contribution in [0, 0.1) is 5.92 Å². The molecule has 1 rings (SSSR count). The van der Waals surface area contributed by atoms with Crippen molar-refractivity contribution >= 4 is 12.0 Å². The third kappa shape index (κ3) is 6.77. The van der Waals surface area contributed by atoms with Crippen LogP contribution in [0.15, 0.2) is 0 Å². The second-order valence-corrected chi connectivity index (χ2v) is 5.45. The number of ether oxygens (including phenoxy) is 2. The topological polar surface area (TPSA) is 79.9 Å². The van der Waals surface area contributed by atoms with Gasteiger partial charge in [-0.25, -0.2) is 9.59 Å². The number of hydrogen-bond donors (Lipinski definition) is 2. The Morgan fingerprint density at radius 3 is 2.52 bits per heavy atom. The summed E-state index contributed by atoms with van der Waals surface area (Å²) in [7, 11) is 1.32. The first-order valence-electron chi connectivity index (χ1n) is 7.47. The molecule has 0 bridgehead atoms. The highest BCUT2D eigenvalue weighted by atomic mass is 16.5. The number of carbonyl (C=O) groups excluding carboxylic acids is 2. The quantitative estimate of drug-likeness (QED) is 0.519. The molecule has 1 aliphatic heterocycles. The SMILES string of the molecule is COC(=O)C(NC(=O)NCCCN1CCOCC1)C(C)C. The Bertz CT molecular complexity index is 330. The van der Waals surface area contributed by atoms with Gasteiger partial charge in [0.25, 0.3) is 0 Å². The third-order valence-corrected chi connectivity index (χ3v) is 3.45. The molecule has 21 heavy (non-hydrogen) atoms. The molecule has 1 atom stereocenters. The maximum Gasteiger partial charge on any atom is 0.328 e. The number of methoxy groups -OCH3 is 1. The summed E-state index contributed by atoms with van der Waals surface area (Å²) in [5.41, 5.74) is 0. The fourth-order valence-corrected chi connectivity index (χ4v) is 2.15. The van der Waals surface area contributed by atoms with Crippen LogP contribution in [-0.4, -0.2) is 69.4 Å². The molecular weight excluding hydrogens is 274 g/mol. The van der Waals surface area contributed by atoms with Crippen LogP contribution in [0.25, 0.3) is 0 Å². The summed E-state index contributed by atoms with van der Waals surface area (Å²) >= 11 is 0. The van der Waals surface area contributed by atoms with E-state index in [0.717, 1.165) is 39.3 Å². The maximum absolute atomic E-state index is 11.8. The second kappa shape index (κ2) is 9.57. The molecule has 0 aromatic heterocycles. The van der Waals surface area contributed by atoms with Crippen LogP contribution in [0.2, 0.25) is 0 Å². The normalized spacial score (nSPS) is 17.3. The van der Waals surface area contributed by atoms with Gasteiger partial charge in [-0.3, -0.25) is 4.90 Å². The first-order chi connectivity index (χ1) is 10.0. The minimum Gasteiger partial charge on any atom is -0.467 e. The van der Waals surface area contributed by atoms with Crippen LogP contribution in [0.5, 0.6) is 0 Å². The van der Waals surface area contributed by atoms with Gasteiger partial charge >= 0.3 is 12.0 Å². The first-order valence-corrected chi connectivity index (χ1v) is 7.47. The molecule has 2 amide bonds. The molecule has 1 fully saturated rings. The number of carbonyl (C=O) groups is 2. The molecule has 7 heteroatoms. The van der Waals surface area contributed by atoms with E-state index in [0.29, 0.717) is 6.54 Å². The van der Waals surface area contributed by atoms with Crippen molar-refractivity contribution in [3.63, 3.8) is 0 Å². The van der Waals surface area contributed by atoms with E-state index in [1.807, 2.05) is 13.8 Å². The van der Waals surface area contributed by atoms with Crippen molar-refractivity contribution in [2.24, 2.45) is 5.92 Å².